The Labute approximate surface area is 115 Å². The quantitative estimate of drug-likeness (QED) is 0.876. The number of carbonyl (C=O) groups excluding carboxylic acids is 1. The largest absolute Gasteiger partial charge is 0.478 e. The molecule has 2 aromatic rings. The maximum absolute atomic E-state index is 12.1. The molecule has 0 atom stereocenters. The number of carboxylic acids is 1. The summed E-state index contributed by atoms with van der Waals surface area (Å²) in [4.78, 5) is 27.0. The Bertz CT molecular complexity index is 663. The Morgan fingerprint density at radius 3 is 2.80 bits per heavy atom. The van der Waals surface area contributed by atoms with Crippen molar-refractivity contribution in [3.63, 3.8) is 0 Å². The summed E-state index contributed by atoms with van der Waals surface area (Å²) in [5, 5.41) is 15.8. The van der Waals surface area contributed by atoms with Crippen molar-refractivity contribution in [3.05, 3.63) is 41.5 Å². The summed E-state index contributed by atoms with van der Waals surface area (Å²) >= 11 is 0. The zero-order valence-corrected chi connectivity index (χ0v) is 11.1. The third-order valence-electron chi connectivity index (χ3n) is 2.82. The van der Waals surface area contributed by atoms with Crippen LogP contribution < -0.4 is 5.32 Å². The zero-order valence-electron chi connectivity index (χ0n) is 11.1. The molecule has 104 valence electrons. The molecule has 7 heteroatoms. The number of amides is 1. The molecule has 2 aromatic heterocycles. The molecule has 0 fully saturated rings. The van der Waals surface area contributed by atoms with Gasteiger partial charge in [-0.1, -0.05) is 6.92 Å². The highest BCUT2D eigenvalue weighted by molar-refractivity contribution is 6.06. The SMILES string of the molecule is CCc1cc(C(=O)Nc2cnccc2C(=O)O)n(C)n1. The molecular weight excluding hydrogens is 260 g/mol. The molecule has 0 saturated carbocycles. The third kappa shape index (κ3) is 2.66. The van der Waals surface area contributed by atoms with E-state index in [1.165, 1.54) is 23.1 Å². The minimum Gasteiger partial charge on any atom is -0.478 e. The van der Waals surface area contributed by atoms with Gasteiger partial charge in [0.1, 0.15) is 5.69 Å². The monoisotopic (exact) mass is 274 g/mol. The predicted octanol–water partition coefficient (Wildman–Crippen LogP) is 1.33. The first-order valence-corrected chi connectivity index (χ1v) is 6.04. The van der Waals surface area contributed by atoms with E-state index in [4.69, 9.17) is 5.11 Å². The van der Waals surface area contributed by atoms with Crippen molar-refractivity contribution in [2.45, 2.75) is 13.3 Å². The van der Waals surface area contributed by atoms with Crippen LogP contribution in [-0.4, -0.2) is 31.7 Å². The number of nitrogens with one attached hydrogen (secondary N) is 1. The van der Waals surface area contributed by atoms with Gasteiger partial charge in [0.2, 0.25) is 0 Å². The molecule has 20 heavy (non-hydrogen) atoms. The van der Waals surface area contributed by atoms with Crippen LogP contribution in [0.1, 0.15) is 33.5 Å². The van der Waals surface area contributed by atoms with Gasteiger partial charge in [-0.2, -0.15) is 5.10 Å². The third-order valence-corrected chi connectivity index (χ3v) is 2.82. The number of nitrogens with zero attached hydrogens (tertiary/aromatic N) is 3. The molecule has 0 spiro atoms. The van der Waals surface area contributed by atoms with E-state index in [9.17, 15) is 9.59 Å². The predicted molar refractivity (Wildman–Crippen MR) is 71.7 cm³/mol. The summed E-state index contributed by atoms with van der Waals surface area (Å²) in [5.74, 6) is -1.54. The second kappa shape index (κ2) is 5.52. The molecule has 0 radical (unpaired) electrons. The Hall–Kier alpha value is -2.70. The second-order valence-corrected chi connectivity index (χ2v) is 4.18. The van der Waals surface area contributed by atoms with Crippen molar-refractivity contribution in [2.24, 2.45) is 7.05 Å². The van der Waals surface area contributed by atoms with Crippen molar-refractivity contribution in [1.29, 1.82) is 0 Å². The van der Waals surface area contributed by atoms with Crippen molar-refractivity contribution < 1.29 is 14.7 Å². The van der Waals surface area contributed by atoms with Crippen molar-refractivity contribution in [3.8, 4) is 0 Å². The highest BCUT2D eigenvalue weighted by Crippen LogP contribution is 2.15. The summed E-state index contributed by atoms with van der Waals surface area (Å²) < 4.78 is 1.46. The zero-order chi connectivity index (χ0) is 14.7. The Morgan fingerprint density at radius 2 is 2.20 bits per heavy atom. The Morgan fingerprint density at radius 1 is 1.45 bits per heavy atom. The number of hydrogen-bond acceptors (Lipinski definition) is 4. The lowest BCUT2D eigenvalue weighted by Crippen LogP contribution is -2.18. The minimum atomic E-state index is -1.12. The number of aromatic carboxylic acids is 1. The van der Waals surface area contributed by atoms with E-state index < -0.39 is 11.9 Å². The van der Waals surface area contributed by atoms with E-state index >= 15 is 0 Å². The average Bonchev–Trinajstić information content (AvgIpc) is 2.80. The lowest BCUT2D eigenvalue weighted by atomic mass is 10.2. The van der Waals surface area contributed by atoms with E-state index in [1.807, 2.05) is 6.92 Å². The van der Waals surface area contributed by atoms with Gasteiger partial charge in [0.25, 0.3) is 5.91 Å². The maximum Gasteiger partial charge on any atom is 0.337 e. The van der Waals surface area contributed by atoms with E-state index in [2.05, 4.69) is 15.4 Å². The van der Waals surface area contributed by atoms with Gasteiger partial charge in [-0.15, -0.1) is 0 Å². The lowest BCUT2D eigenvalue weighted by Gasteiger charge is -2.07. The minimum absolute atomic E-state index is 0.00812. The molecule has 2 heterocycles. The summed E-state index contributed by atoms with van der Waals surface area (Å²) in [6.07, 6.45) is 3.38. The first kappa shape index (κ1) is 13.7. The van der Waals surface area contributed by atoms with Crippen LogP contribution in [0.25, 0.3) is 0 Å². The fraction of sp³-hybridized carbons (Fsp3) is 0.231. The molecular formula is C13H14N4O3. The highest BCUT2D eigenvalue weighted by atomic mass is 16.4. The van der Waals surface area contributed by atoms with E-state index in [-0.39, 0.29) is 11.3 Å². The molecule has 0 aromatic carbocycles. The van der Waals surface area contributed by atoms with Crippen LogP contribution in [0.5, 0.6) is 0 Å². The van der Waals surface area contributed by atoms with E-state index in [1.54, 1.807) is 13.1 Å². The van der Waals surface area contributed by atoms with E-state index in [0.717, 1.165) is 5.69 Å². The van der Waals surface area contributed by atoms with Gasteiger partial charge in [-0.25, -0.2) is 4.79 Å². The molecule has 0 saturated heterocycles. The number of carboxylic acid groups (broad SMARTS) is 1. The number of anilines is 1. The highest BCUT2D eigenvalue weighted by Gasteiger charge is 2.16. The average molecular weight is 274 g/mol. The first-order valence-electron chi connectivity index (χ1n) is 6.04. The van der Waals surface area contributed by atoms with Crippen LogP contribution in [0.3, 0.4) is 0 Å². The number of aromatic nitrogens is 3. The first-order chi connectivity index (χ1) is 9.52. The normalized spacial score (nSPS) is 10.3. The molecule has 0 unspecified atom stereocenters. The standard InChI is InChI=1S/C13H14N4O3/c1-3-8-6-11(17(2)16-8)12(18)15-10-7-14-5-4-9(10)13(19)20/h4-7H,3H2,1-2H3,(H,15,18)(H,19,20). The lowest BCUT2D eigenvalue weighted by molar-refractivity contribution is 0.0698. The smallest absolute Gasteiger partial charge is 0.337 e. The van der Waals surface area contributed by atoms with Gasteiger partial charge >= 0.3 is 5.97 Å². The molecule has 0 aliphatic rings. The molecule has 7 nitrogen and oxygen atoms in total. The Balaban J connectivity index is 2.28. The summed E-state index contributed by atoms with van der Waals surface area (Å²) in [6.45, 7) is 1.94. The number of hydrogen-bond donors (Lipinski definition) is 2. The Kier molecular flexibility index (Phi) is 3.79. The van der Waals surface area contributed by atoms with E-state index in [0.29, 0.717) is 12.1 Å². The second-order valence-electron chi connectivity index (χ2n) is 4.18. The van der Waals surface area contributed by atoms with Crippen LogP contribution >= 0.6 is 0 Å². The van der Waals surface area contributed by atoms with Gasteiger partial charge in [-0.05, 0) is 18.6 Å². The van der Waals surface area contributed by atoms with Crippen molar-refractivity contribution in [1.82, 2.24) is 14.8 Å². The summed E-state index contributed by atoms with van der Waals surface area (Å²) in [6, 6.07) is 3.00. The fourth-order valence-corrected chi connectivity index (χ4v) is 1.78. The van der Waals surface area contributed by atoms with Crippen LogP contribution in [0.2, 0.25) is 0 Å². The van der Waals surface area contributed by atoms with Crippen molar-refractivity contribution in [2.75, 3.05) is 5.32 Å². The molecule has 0 bridgehead atoms. The molecule has 1 amide bonds. The van der Waals surface area contributed by atoms with Crippen molar-refractivity contribution >= 4 is 17.6 Å². The van der Waals surface area contributed by atoms with Gasteiger partial charge < -0.3 is 10.4 Å². The number of aryl methyl sites for hydroxylation is 2. The van der Waals surface area contributed by atoms with Crippen LogP contribution in [-0.2, 0) is 13.5 Å². The number of carbonyl (C=O) groups is 2. The molecule has 2 rings (SSSR count). The van der Waals surface area contributed by atoms with Crippen LogP contribution in [0.15, 0.2) is 24.5 Å². The topological polar surface area (TPSA) is 97.1 Å². The number of pyridine rings is 1. The number of rotatable bonds is 4. The van der Waals surface area contributed by atoms with Gasteiger partial charge in [0.05, 0.1) is 23.1 Å². The molecule has 0 aliphatic carbocycles. The summed E-state index contributed by atoms with van der Waals surface area (Å²) in [5.41, 5.74) is 1.31. The molecule has 2 N–H and O–H groups in total. The van der Waals surface area contributed by atoms with Gasteiger partial charge in [0.15, 0.2) is 0 Å². The maximum atomic E-state index is 12.1. The molecule has 0 aliphatic heterocycles. The fourth-order valence-electron chi connectivity index (χ4n) is 1.78. The summed E-state index contributed by atoms with van der Waals surface area (Å²) in [7, 11) is 1.66. The van der Waals surface area contributed by atoms with Crippen LogP contribution in [0.4, 0.5) is 5.69 Å². The van der Waals surface area contributed by atoms with Gasteiger partial charge in [-0.3, -0.25) is 14.5 Å². The van der Waals surface area contributed by atoms with Gasteiger partial charge in [0, 0.05) is 13.2 Å². The van der Waals surface area contributed by atoms with Crippen LogP contribution in [0, 0.1) is 0 Å².